The molecule has 0 aromatic heterocycles. The molecule has 0 heterocycles. The van der Waals surface area contributed by atoms with Crippen molar-refractivity contribution in [3.63, 3.8) is 0 Å². The van der Waals surface area contributed by atoms with Gasteiger partial charge >= 0.3 is 33.6 Å². The number of hydrogen-bond acceptors (Lipinski definition) is 14. The van der Waals surface area contributed by atoms with E-state index in [1.165, 1.54) is 32.1 Å². The Bertz CT molecular complexity index is 1870. The van der Waals surface area contributed by atoms with Crippen molar-refractivity contribution >= 4 is 33.6 Å². The molecule has 0 saturated heterocycles. The Balaban J connectivity index is 4.66. The van der Waals surface area contributed by atoms with Gasteiger partial charge in [-0.15, -0.1) is 0 Å². The summed E-state index contributed by atoms with van der Waals surface area (Å²) in [5, 5.41) is 20.5. The molecule has 0 aliphatic carbocycles. The first-order valence-corrected chi connectivity index (χ1v) is 33.5. The molecule has 5 atom stereocenters. The number of carbonyl (C=O) groups is 3. The summed E-state index contributed by atoms with van der Waals surface area (Å²) in [4.78, 5) is 58.0. The van der Waals surface area contributed by atoms with Crippen LogP contribution in [-0.4, -0.2) is 95.9 Å². The second-order valence-corrected chi connectivity index (χ2v) is 23.0. The van der Waals surface area contributed by atoms with Crippen molar-refractivity contribution in [2.75, 3.05) is 39.6 Å². The molecular formula is C63H108O16P2. The van der Waals surface area contributed by atoms with E-state index >= 15 is 0 Å². The highest BCUT2D eigenvalue weighted by atomic mass is 31.2. The molecule has 81 heavy (non-hydrogen) atoms. The maximum Gasteiger partial charge on any atom is 0.472 e. The number of aliphatic hydroxyl groups is 2. The van der Waals surface area contributed by atoms with Crippen LogP contribution in [0.2, 0.25) is 0 Å². The Kier molecular flexibility index (Phi) is 54.4. The van der Waals surface area contributed by atoms with E-state index < -0.39 is 91.5 Å². The Morgan fingerprint density at radius 2 is 0.667 bits per heavy atom. The number of aliphatic hydroxyl groups excluding tert-OH is 2. The third-order valence-electron chi connectivity index (χ3n) is 12.3. The van der Waals surface area contributed by atoms with Crippen molar-refractivity contribution < 1.29 is 75.8 Å². The van der Waals surface area contributed by atoms with Crippen molar-refractivity contribution in [3.05, 3.63) is 97.2 Å². The normalized spacial score (nSPS) is 15.1. The van der Waals surface area contributed by atoms with Gasteiger partial charge in [-0.2, -0.15) is 0 Å². The van der Waals surface area contributed by atoms with Gasteiger partial charge in [0.15, 0.2) is 6.10 Å². The van der Waals surface area contributed by atoms with Crippen LogP contribution < -0.4 is 0 Å². The van der Waals surface area contributed by atoms with Gasteiger partial charge in [-0.25, -0.2) is 9.13 Å². The van der Waals surface area contributed by atoms with Gasteiger partial charge in [-0.1, -0.05) is 189 Å². The number of rotatable bonds is 57. The van der Waals surface area contributed by atoms with Crippen LogP contribution in [0.25, 0.3) is 0 Å². The summed E-state index contributed by atoms with van der Waals surface area (Å²) >= 11 is 0. The number of carbonyl (C=O) groups excluding carboxylic acids is 3. The molecule has 0 aromatic carbocycles. The highest BCUT2D eigenvalue weighted by molar-refractivity contribution is 7.47. The fourth-order valence-electron chi connectivity index (χ4n) is 7.55. The van der Waals surface area contributed by atoms with Gasteiger partial charge in [-0.05, 0) is 116 Å². The van der Waals surface area contributed by atoms with E-state index in [9.17, 15) is 43.5 Å². The molecule has 16 nitrogen and oxygen atoms in total. The molecule has 0 aliphatic heterocycles. The predicted molar refractivity (Wildman–Crippen MR) is 325 cm³/mol. The van der Waals surface area contributed by atoms with Crippen LogP contribution in [0.5, 0.6) is 0 Å². The molecular weight excluding hydrogens is 1070 g/mol. The molecule has 0 rings (SSSR count). The summed E-state index contributed by atoms with van der Waals surface area (Å²) in [6.07, 6.45) is 59.1. The van der Waals surface area contributed by atoms with Crippen LogP contribution in [0.3, 0.4) is 0 Å². The van der Waals surface area contributed by atoms with Gasteiger partial charge in [0.05, 0.1) is 26.4 Å². The largest absolute Gasteiger partial charge is 0.472 e. The molecule has 0 fully saturated rings. The molecule has 0 spiro atoms. The minimum Gasteiger partial charge on any atom is -0.463 e. The molecule has 18 heteroatoms. The van der Waals surface area contributed by atoms with E-state index in [0.29, 0.717) is 19.3 Å². The van der Waals surface area contributed by atoms with E-state index in [1.807, 2.05) is 0 Å². The summed E-state index contributed by atoms with van der Waals surface area (Å²) in [6, 6.07) is 0. The van der Waals surface area contributed by atoms with Crippen LogP contribution in [0.4, 0.5) is 0 Å². The molecule has 0 saturated carbocycles. The third-order valence-corrected chi connectivity index (χ3v) is 14.2. The summed E-state index contributed by atoms with van der Waals surface area (Å²) in [6.45, 7) is 2.38. The zero-order chi connectivity index (χ0) is 59.6. The zero-order valence-electron chi connectivity index (χ0n) is 49.9. The van der Waals surface area contributed by atoms with E-state index in [2.05, 4.69) is 118 Å². The number of phosphoric ester groups is 2. The van der Waals surface area contributed by atoms with Gasteiger partial charge in [-0.3, -0.25) is 32.5 Å². The molecule has 0 amide bonds. The standard InChI is InChI=1S/C63H108O16P2/c1-4-7-10-13-16-19-22-24-26-27-28-29-31-33-35-37-40-43-46-49-61(66)73-52-58(64)53-75-80(69,70)76-54-59(65)55-77-81(71,72)78-57-60(79-63(68)51-48-45-42-39-34-21-18-15-12-9-6-3)56-74-62(67)50-47-44-41-38-36-32-30-25-23-20-17-14-11-8-5-2/h7,10,15-20,24-26,28-30,33,35,58-60,64-65H,4-6,8-9,11-14,21-23,27,31-32,34,36-57H2,1-3H3,(H,69,70)(H,71,72)/b10-7-,18-15-,19-16-,20-17-,26-24-,29-28-,30-25-,35-33-. The fraction of sp³-hybridized carbons (Fsp3) is 0.698. The fourth-order valence-corrected chi connectivity index (χ4v) is 9.13. The zero-order valence-corrected chi connectivity index (χ0v) is 51.7. The molecule has 0 aliphatic rings. The Hall–Kier alpha value is -3.53. The smallest absolute Gasteiger partial charge is 0.463 e. The first-order chi connectivity index (χ1) is 39.2. The predicted octanol–water partition coefficient (Wildman–Crippen LogP) is 16.0. The summed E-state index contributed by atoms with van der Waals surface area (Å²) in [7, 11) is -9.77. The van der Waals surface area contributed by atoms with Crippen LogP contribution >= 0.6 is 15.6 Å². The molecule has 0 aromatic rings. The summed E-state index contributed by atoms with van der Waals surface area (Å²) in [5.41, 5.74) is 0. The second-order valence-electron chi connectivity index (χ2n) is 20.1. The first kappa shape index (κ1) is 77.5. The van der Waals surface area contributed by atoms with Crippen molar-refractivity contribution in [3.8, 4) is 0 Å². The minimum atomic E-state index is -4.92. The topological polar surface area (TPSA) is 231 Å². The number of phosphoric acid groups is 2. The van der Waals surface area contributed by atoms with Crippen molar-refractivity contribution in [2.24, 2.45) is 0 Å². The first-order valence-electron chi connectivity index (χ1n) is 30.5. The van der Waals surface area contributed by atoms with Crippen LogP contribution in [0, 0.1) is 0 Å². The van der Waals surface area contributed by atoms with Crippen molar-refractivity contribution in [2.45, 2.75) is 245 Å². The minimum absolute atomic E-state index is 0.0892. The van der Waals surface area contributed by atoms with Gasteiger partial charge < -0.3 is 34.2 Å². The van der Waals surface area contributed by atoms with Gasteiger partial charge in [0.25, 0.3) is 0 Å². The summed E-state index contributed by atoms with van der Waals surface area (Å²) in [5.74, 6) is -1.64. The highest BCUT2D eigenvalue weighted by Gasteiger charge is 2.29. The second kappa shape index (κ2) is 56.9. The number of esters is 3. The van der Waals surface area contributed by atoms with Gasteiger partial charge in [0.2, 0.25) is 0 Å². The molecule has 5 unspecified atom stereocenters. The number of unbranched alkanes of at least 4 members (excludes halogenated alkanes) is 18. The quantitative estimate of drug-likeness (QED) is 0.0146. The average Bonchev–Trinajstić information content (AvgIpc) is 3.44. The molecule has 4 N–H and O–H groups in total. The average molecular weight is 1180 g/mol. The molecule has 466 valence electrons. The lowest BCUT2D eigenvalue weighted by Crippen LogP contribution is -2.30. The summed E-state index contributed by atoms with van der Waals surface area (Å²) < 4.78 is 60.5. The Morgan fingerprint density at radius 3 is 1.10 bits per heavy atom. The maximum absolute atomic E-state index is 12.8. The maximum atomic E-state index is 12.8. The lowest BCUT2D eigenvalue weighted by Gasteiger charge is -2.21. The Morgan fingerprint density at radius 1 is 0.358 bits per heavy atom. The van der Waals surface area contributed by atoms with Gasteiger partial charge in [0, 0.05) is 19.3 Å². The number of ether oxygens (including phenoxy) is 3. The van der Waals surface area contributed by atoms with Gasteiger partial charge in [0.1, 0.15) is 25.4 Å². The number of allylic oxidation sites excluding steroid dienone is 16. The van der Waals surface area contributed by atoms with E-state index in [-0.39, 0.29) is 19.3 Å². The Labute approximate surface area is 488 Å². The monoisotopic (exact) mass is 1180 g/mol. The SMILES string of the molecule is CC/C=C\C/C=C\C/C=C\C/C=C\C/C=C\CCCCCC(=O)OCC(O)COP(=O)(O)OCC(O)COP(=O)(O)OCC(COC(=O)CCCCCCC/C=C\C/C=C\CCCCC)OC(=O)CCCCCCC/C=C\CCCC. The lowest BCUT2D eigenvalue weighted by molar-refractivity contribution is -0.161. The number of hydrogen-bond donors (Lipinski definition) is 4. The van der Waals surface area contributed by atoms with E-state index in [1.54, 1.807) is 0 Å². The van der Waals surface area contributed by atoms with E-state index in [0.717, 1.165) is 135 Å². The van der Waals surface area contributed by atoms with Crippen LogP contribution in [0.15, 0.2) is 97.2 Å². The highest BCUT2D eigenvalue weighted by Crippen LogP contribution is 2.45. The van der Waals surface area contributed by atoms with Crippen molar-refractivity contribution in [1.29, 1.82) is 0 Å². The third kappa shape index (κ3) is 58.1. The van der Waals surface area contributed by atoms with E-state index in [4.69, 9.17) is 32.3 Å². The molecule has 0 radical (unpaired) electrons. The molecule has 0 bridgehead atoms. The van der Waals surface area contributed by atoms with Crippen LogP contribution in [0.1, 0.15) is 226 Å². The van der Waals surface area contributed by atoms with Crippen LogP contribution in [-0.2, 0) is 55.8 Å². The van der Waals surface area contributed by atoms with Crippen molar-refractivity contribution in [1.82, 2.24) is 0 Å². The lowest BCUT2D eigenvalue weighted by atomic mass is 10.1.